The predicted octanol–water partition coefficient (Wildman–Crippen LogP) is 0.519. The summed E-state index contributed by atoms with van der Waals surface area (Å²) in [6, 6.07) is 0. The number of nitrogens with zero attached hydrogens (tertiary/aromatic N) is 3. The van der Waals surface area contributed by atoms with Gasteiger partial charge in [-0.3, -0.25) is 14.3 Å². The zero-order chi connectivity index (χ0) is 11.6. The number of aromatic nitrogens is 3. The largest absolute Gasteiger partial charge is 0.450 e. The molecule has 82 valence electrons. The first kappa shape index (κ1) is 11.3. The van der Waals surface area contributed by atoms with Gasteiger partial charge in [-0.15, -0.1) is 5.10 Å². The van der Waals surface area contributed by atoms with Crippen molar-refractivity contribution in [1.29, 1.82) is 0 Å². The maximum atomic E-state index is 11.8. The first-order valence-electron chi connectivity index (χ1n) is 3.80. The molecule has 0 saturated carbocycles. The number of hydrogen-bond acceptors (Lipinski definition) is 4. The lowest BCUT2D eigenvalue weighted by atomic mass is 10.1. The number of ketones is 2. The van der Waals surface area contributed by atoms with Gasteiger partial charge in [-0.2, -0.15) is 13.2 Å². The van der Waals surface area contributed by atoms with Crippen LogP contribution < -0.4 is 0 Å². The van der Waals surface area contributed by atoms with Crippen LogP contribution in [-0.2, 0) is 11.8 Å². The van der Waals surface area contributed by atoms with Gasteiger partial charge in [0, 0.05) is 7.05 Å². The van der Waals surface area contributed by atoms with E-state index in [-0.39, 0.29) is 5.69 Å². The second-order valence-corrected chi connectivity index (χ2v) is 2.80. The molecule has 5 nitrogen and oxygen atoms in total. The van der Waals surface area contributed by atoms with Gasteiger partial charge in [-0.25, -0.2) is 0 Å². The zero-order valence-electron chi connectivity index (χ0n) is 7.58. The van der Waals surface area contributed by atoms with Crippen molar-refractivity contribution in [2.45, 2.75) is 12.6 Å². The quantitative estimate of drug-likeness (QED) is 0.551. The van der Waals surface area contributed by atoms with Crippen LogP contribution in [0.4, 0.5) is 13.2 Å². The SMILES string of the molecule is Cn1cc(C(=O)CC(=O)C(F)(F)F)nn1. The Morgan fingerprint density at radius 2 is 2.07 bits per heavy atom. The van der Waals surface area contributed by atoms with E-state index in [0.29, 0.717) is 0 Å². The molecule has 0 fully saturated rings. The van der Waals surface area contributed by atoms with Crippen LogP contribution >= 0.6 is 0 Å². The summed E-state index contributed by atoms with van der Waals surface area (Å²) in [6.07, 6.45) is -5.08. The molecule has 0 unspecified atom stereocenters. The number of aryl methyl sites for hydroxylation is 1. The smallest absolute Gasteiger partial charge is 0.292 e. The summed E-state index contributed by atoms with van der Waals surface area (Å²) in [5.74, 6) is -3.08. The Bertz CT molecular complexity index is 396. The fourth-order valence-electron chi connectivity index (χ4n) is 0.812. The van der Waals surface area contributed by atoms with Crippen molar-refractivity contribution in [3.63, 3.8) is 0 Å². The van der Waals surface area contributed by atoms with Crippen molar-refractivity contribution in [2.75, 3.05) is 0 Å². The number of alkyl halides is 3. The van der Waals surface area contributed by atoms with Crippen molar-refractivity contribution in [3.8, 4) is 0 Å². The highest BCUT2D eigenvalue weighted by Crippen LogP contribution is 2.18. The maximum Gasteiger partial charge on any atom is 0.450 e. The number of carbonyl (C=O) groups is 2. The molecule has 1 rings (SSSR count). The molecule has 0 atom stereocenters. The molecule has 1 aromatic heterocycles. The summed E-state index contributed by atoms with van der Waals surface area (Å²) in [6.45, 7) is 0. The lowest BCUT2D eigenvalue weighted by molar-refractivity contribution is -0.170. The Balaban J connectivity index is 2.69. The third-order valence-electron chi connectivity index (χ3n) is 1.53. The highest BCUT2D eigenvalue weighted by Gasteiger charge is 2.39. The minimum atomic E-state index is -4.99. The molecular weight excluding hydrogens is 215 g/mol. The predicted molar refractivity (Wildman–Crippen MR) is 41.0 cm³/mol. The van der Waals surface area contributed by atoms with Gasteiger partial charge in [0.1, 0.15) is 5.69 Å². The van der Waals surface area contributed by atoms with Gasteiger partial charge in [-0.1, -0.05) is 5.21 Å². The van der Waals surface area contributed by atoms with Gasteiger partial charge in [-0.05, 0) is 0 Å². The number of halogens is 3. The van der Waals surface area contributed by atoms with Crippen molar-refractivity contribution in [3.05, 3.63) is 11.9 Å². The molecule has 0 spiro atoms. The number of Topliss-reactive ketones (excluding diaryl/α,β-unsaturated/α-hetero) is 2. The molecular formula is C7H6F3N3O2. The molecule has 0 N–H and O–H groups in total. The maximum absolute atomic E-state index is 11.8. The van der Waals surface area contributed by atoms with Crippen LogP contribution in [0.15, 0.2) is 6.20 Å². The molecule has 0 radical (unpaired) electrons. The van der Waals surface area contributed by atoms with Crippen molar-refractivity contribution in [1.82, 2.24) is 15.0 Å². The summed E-state index contributed by atoms with van der Waals surface area (Å²) in [5, 5.41) is 6.66. The molecule has 1 heterocycles. The molecule has 0 aliphatic carbocycles. The van der Waals surface area contributed by atoms with Crippen LogP contribution in [0.25, 0.3) is 0 Å². The summed E-state index contributed by atoms with van der Waals surface area (Å²) in [4.78, 5) is 21.5. The van der Waals surface area contributed by atoms with Gasteiger partial charge < -0.3 is 0 Å². The van der Waals surface area contributed by atoms with E-state index in [1.165, 1.54) is 7.05 Å². The lowest BCUT2D eigenvalue weighted by Gasteiger charge is -2.02. The minimum Gasteiger partial charge on any atom is -0.292 e. The third kappa shape index (κ3) is 2.86. The van der Waals surface area contributed by atoms with Crippen LogP contribution in [0.1, 0.15) is 16.9 Å². The van der Waals surface area contributed by atoms with Crippen LogP contribution in [-0.4, -0.2) is 32.7 Å². The second kappa shape index (κ2) is 3.79. The average Bonchev–Trinajstić information content (AvgIpc) is 2.50. The van der Waals surface area contributed by atoms with E-state index in [9.17, 15) is 22.8 Å². The van der Waals surface area contributed by atoms with Crippen LogP contribution in [0.5, 0.6) is 0 Å². The first-order chi connectivity index (χ1) is 6.80. The van der Waals surface area contributed by atoms with Crippen LogP contribution in [0.3, 0.4) is 0 Å². The van der Waals surface area contributed by atoms with Crippen molar-refractivity contribution < 1.29 is 22.8 Å². The highest BCUT2D eigenvalue weighted by atomic mass is 19.4. The Labute approximate surface area is 81.9 Å². The highest BCUT2D eigenvalue weighted by molar-refractivity contribution is 6.08. The van der Waals surface area contributed by atoms with E-state index >= 15 is 0 Å². The second-order valence-electron chi connectivity index (χ2n) is 2.80. The van der Waals surface area contributed by atoms with E-state index in [1.54, 1.807) is 0 Å². The van der Waals surface area contributed by atoms with Gasteiger partial charge in [0.05, 0.1) is 12.6 Å². The molecule has 0 bridgehead atoms. The molecule has 8 heteroatoms. The van der Waals surface area contributed by atoms with Gasteiger partial charge in [0.15, 0.2) is 5.78 Å². The molecule has 0 aromatic carbocycles. The van der Waals surface area contributed by atoms with Gasteiger partial charge in [0.2, 0.25) is 5.78 Å². The van der Waals surface area contributed by atoms with Gasteiger partial charge in [0.25, 0.3) is 0 Å². The molecule has 1 aromatic rings. The molecule has 15 heavy (non-hydrogen) atoms. The number of hydrogen-bond donors (Lipinski definition) is 0. The molecule has 0 aliphatic rings. The fraction of sp³-hybridized carbons (Fsp3) is 0.429. The monoisotopic (exact) mass is 221 g/mol. The van der Waals surface area contributed by atoms with E-state index in [2.05, 4.69) is 10.3 Å². The van der Waals surface area contributed by atoms with Crippen molar-refractivity contribution in [2.24, 2.45) is 7.05 Å². The topological polar surface area (TPSA) is 64.8 Å². The zero-order valence-corrected chi connectivity index (χ0v) is 7.58. The summed E-state index contributed by atoms with van der Waals surface area (Å²) >= 11 is 0. The summed E-state index contributed by atoms with van der Waals surface area (Å²) < 4.78 is 36.5. The molecule has 0 saturated heterocycles. The first-order valence-corrected chi connectivity index (χ1v) is 3.80. The number of rotatable bonds is 3. The number of carbonyl (C=O) groups excluding carboxylic acids is 2. The van der Waals surface area contributed by atoms with Crippen LogP contribution in [0, 0.1) is 0 Å². The Kier molecular flexibility index (Phi) is 2.87. The Hall–Kier alpha value is -1.73. The van der Waals surface area contributed by atoms with E-state index in [1.807, 2.05) is 0 Å². The normalized spacial score (nSPS) is 11.5. The fourth-order valence-corrected chi connectivity index (χ4v) is 0.812. The van der Waals surface area contributed by atoms with E-state index in [4.69, 9.17) is 0 Å². The van der Waals surface area contributed by atoms with Crippen molar-refractivity contribution >= 4 is 11.6 Å². The summed E-state index contributed by atoms with van der Waals surface area (Å²) in [5.41, 5.74) is -0.255. The molecule has 0 amide bonds. The standard InChI is InChI=1S/C7H6F3N3O2/c1-13-3-4(11-12-13)5(14)2-6(15)7(8,9)10/h3H,2H2,1H3. The minimum absolute atomic E-state index is 0.255. The molecule has 0 aliphatic heterocycles. The third-order valence-corrected chi connectivity index (χ3v) is 1.53. The lowest BCUT2D eigenvalue weighted by Crippen LogP contribution is -2.25. The Morgan fingerprint density at radius 3 is 2.47 bits per heavy atom. The Morgan fingerprint density at radius 1 is 1.47 bits per heavy atom. The van der Waals surface area contributed by atoms with Crippen LogP contribution in [0.2, 0.25) is 0 Å². The summed E-state index contributed by atoms with van der Waals surface area (Å²) in [7, 11) is 1.45. The average molecular weight is 221 g/mol. The van der Waals surface area contributed by atoms with E-state index in [0.717, 1.165) is 10.9 Å². The van der Waals surface area contributed by atoms with Gasteiger partial charge >= 0.3 is 6.18 Å². The van der Waals surface area contributed by atoms with E-state index < -0.39 is 24.2 Å².